The number of aromatic nitrogens is 6. The highest BCUT2D eigenvalue weighted by Crippen LogP contribution is 2.33. The minimum atomic E-state index is -0.568. The zero-order chi connectivity index (χ0) is 17.0. The number of hydrogen-bond donors (Lipinski definition) is 3. The Balaban J connectivity index is 1.46. The Morgan fingerprint density at radius 3 is 3.08 bits per heavy atom. The van der Waals surface area contributed by atoms with Crippen molar-refractivity contribution in [3.63, 3.8) is 0 Å². The Morgan fingerprint density at radius 1 is 1.36 bits per heavy atom. The minimum Gasteiger partial charge on any atom is -0.390 e. The zero-order valence-corrected chi connectivity index (χ0v) is 13.6. The highest BCUT2D eigenvalue weighted by molar-refractivity contribution is 5.93. The molecule has 0 radical (unpaired) electrons. The third kappa shape index (κ3) is 2.42. The topological polar surface area (TPSA) is 104 Å². The molecule has 8 nitrogen and oxygen atoms in total. The third-order valence-corrected chi connectivity index (χ3v) is 4.73. The van der Waals surface area contributed by atoms with Crippen molar-refractivity contribution in [3.05, 3.63) is 37.1 Å². The van der Waals surface area contributed by atoms with Gasteiger partial charge in [-0.15, -0.1) is 0 Å². The van der Waals surface area contributed by atoms with Crippen LogP contribution in [0.4, 0.5) is 5.95 Å². The second-order valence-electron chi connectivity index (χ2n) is 6.88. The van der Waals surface area contributed by atoms with Gasteiger partial charge in [0, 0.05) is 35.6 Å². The van der Waals surface area contributed by atoms with Crippen molar-refractivity contribution in [2.75, 3.05) is 5.32 Å². The highest BCUT2D eigenvalue weighted by atomic mass is 16.3. The summed E-state index contributed by atoms with van der Waals surface area (Å²) >= 11 is 0. The van der Waals surface area contributed by atoms with Crippen molar-refractivity contribution in [1.82, 2.24) is 29.5 Å². The van der Waals surface area contributed by atoms with Gasteiger partial charge in [0.15, 0.2) is 5.65 Å². The molecule has 8 heteroatoms. The van der Waals surface area contributed by atoms with Crippen molar-refractivity contribution in [2.45, 2.75) is 31.4 Å². The van der Waals surface area contributed by atoms with Gasteiger partial charge in [-0.3, -0.25) is 0 Å². The highest BCUT2D eigenvalue weighted by Gasteiger charge is 2.38. The van der Waals surface area contributed by atoms with E-state index in [1.165, 1.54) is 6.33 Å². The first-order chi connectivity index (χ1) is 12.1. The van der Waals surface area contributed by atoms with Crippen LogP contribution in [0.3, 0.4) is 0 Å². The molecule has 0 aliphatic heterocycles. The van der Waals surface area contributed by atoms with E-state index in [4.69, 9.17) is 0 Å². The number of aliphatic hydroxyl groups is 1. The molecule has 0 unspecified atom stereocenters. The van der Waals surface area contributed by atoms with Crippen LogP contribution in [0.1, 0.15) is 19.8 Å². The molecule has 0 atom stereocenters. The van der Waals surface area contributed by atoms with Crippen LogP contribution in [0, 0.1) is 0 Å². The summed E-state index contributed by atoms with van der Waals surface area (Å²) in [5.41, 5.74) is 3.06. The SMILES string of the molecule is C[C@]1(O)C[C@@H](Nc2ncc3c(-c4ccn5ncnc5c4)c[nH]c3n2)C1. The molecule has 0 saturated heterocycles. The first kappa shape index (κ1) is 14.4. The number of anilines is 1. The van der Waals surface area contributed by atoms with Gasteiger partial charge in [0.2, 0.25) is 5.95 Å². The summed E-state index contributed by atoms with van der Waals surface area (Å²) in [6.07, 6.45) is 8.59. The number of nitrogens with zero attached hydrogens (tertiary/aromatic N) is 5. The minimum absolute atomic E-state index is 0.220. The summed E-state index contributed by atoms with van der Waals surface area (Å²) in [7, 11) is 0. The normalized spacial score (nSPS) is 23.0. The Hall–Kier alpha value is -3.00. The van der Waals surface area contributed by atoms with Crippen LogP contribution in [0.2, 0.25) is 0 Å². The monoisotopic (exact) mass is 335 g/mol. The van der Waals surface area contributed by atoms with Crippen molar-refractivity contribution < 1.29 is 5.11 Å². The van der Waals surface area contributed by atoms with Crippen LogP contribution in [0.5, 0.6) is 0 Å². The molecule has 1 saturated carbocycles. The summed E-state index contributed by atoms with van der Waals surface area (Å²) in [6, 6.07) is 4.20. The molecule has 4 aromatic rings. The molecular weight excluding hydrogens is 318 g/mol. The second kappa shape index (κ2) is 5.00. The maximum atomic E-state index is 9.82. The summed E-state index contributed by atoms with van der Waals surface area (Å²) in [4.78, 5) is 16.4. The maximum absolute atomic E-state index is 9.82. The Kier molecular flexibility index (Phi) is 2.87. The van der Waals surface area contributed by atoms with Crippen LogP contribution in [0.25, 0.3) is 27.8 Å². The quantitative estimate of drug-likeness (QED) is 0.529. The van der Waals surface area contributed by atoms with E-state index in [1.54, 1.807) is 4.52 Å². The summed E-state index contributed by atoms with van der Waals surface area (Å²) in [5.74, 6) is 0.578. The molecule has 1 aliphatic rings. The van der Waals surface area contributed by atoms with E-state index < -0.39 is 5.60 Å². The van der Waals surface area contributed by atoms with Crippen LogP contribution < -0.4 is 5.32 Å². The summed E-state index contributed by atoms with van der Waals surface area (Å²) < 4.78 is 1.73. The van der Waals surface area contributed by atoms with Gasteiger partial charge in [-0.25, -0.2) is 14.5 Å². The van der Waals surface area contributed by atoms with Crippen molar-refractivity contribution in [3.8, 4) is 11.1 Å². The standard InChI is InChI=1S/C17H17N7O/c1-17(25)5-11(6-17)22-16-19-8-13-12(7-18-15(13)23-16)10-2-3-24-14(4-10)20-9-21-24/h2-4,7-9,11,25H,5-6H2,1H3,(H2,18,19,22,23)/t11-,17+. The molecule has 0 amide bonds. The molecule has 0 bridgehead atoms. The van der Waals surface area contributed by atoms with E-state index in [9.17, 15) is 5.11 Å². The first-order valence-corrected chi connectivity index (χ1v) is 8.20. The molecule has 1 aliphatic carbocycles. The van der Waals surface area contributed by atoms with Crippen LogP contribution in [-0.4, -0.2) is 46.3 Å². The maximum Gasteiger partial charge on any atom is 0.224 e. The van der Waals surface area contributed by atoms with Gasteiger partial charge in [-0.1, -0.05) is 0 Å². The number of H-pyrrole nitrogens is 1. The molecule has 0 spiro atoms. The number of hydrogen-bond acceptors (Lipinski definition) is 6. The van der Waals surface area contributed by atoms with Gasteiger partial charge >= 0.3 is 0 Å². The van der Waals surface area contributed by atoms with Gasteiger partial charge in [0.25, 0.3) is 0 Å². The van der Waals surface area contributed by atoms with Gasteiger partial charge in [0.05, 0.1) is 5.60 Å². The van der Waals surface area contributed by atoms with Crippen molar-refractivity contribution in [2.24, 2.45) is 0 Å². The van der Waals surface area contributed by atoms with Gasteiger partial charge in [0.1, 0.15) is 12.0 Å². The molecule has 3 N–H and O–H groups in total. The van der Waals surface area contributed by atoms with Crippen molar-refractivity contribution in [1.29, 1.82) is 0 Å². The molecule has 4 heterocycles. The third-order valence-electron chi connectivity index (χ3n) is 4.73. The lowest BCUT2D eigenvalue weighted by Crippen LogP contribution is -2.48. The lowest BCUT2D eigenvalue weighted by Gasteiger charge is -2.41. The Labute approximate surface area is 143 Å². The number of aromatic amines is 1. The predicted molar refractivity (Wildman–Crippen MR) is 93.1 cm³/mol. The fraction of sp³-hybridized carbons (Fsp3) is 0.294. The number of nitrogens with one attached hydrogen (secondary N) is 2. The van der Waals surface area contributed by atoms with Gasteiger partial charge in [-0.2, -0.15) is 10.1 Å². The molecular formula is C17H17N7O. The predicted octanol–water partition coefficient (Wildman–Crippen LogP) is 1.99. The first-order valence-electron chi connectivity index (χ1n) is 8.20. The van der Waals surface area contributed by atoms with Gasteiger partial charge in [-0.05, 0) is 37.5 Å². The fourth-order valence-corrected chi connectivity index (χ4v) is 3.48. The van der Waals surface area contributed by atoms with E-state index in [2.05, 4.69) is 30.4 Å². The molecule has 5 rings (SSSR count). The molecule has 126 valence electrons. The summed E-state index contributed by atoms with van der Waals surface area (Å²) in [6.45, 7) is 1.85. The lowest BCUT2D eigenvalue weighted by atomic mass is 9.77. The smallest absolute Gasteiger partial charge is 0.224 e. The van der Waals surface area contributed by atoms with Crippen LogP contribution >= 0.6 is 0 Å². The van der Waals surface area contributed by atoms with Crippen molar-refractivity contribution >= 4 is 22.6 Å². The van der Waals surface area contributed by atoms with Crippen LogP contribution in [-0.2, 0) is 0 Å². The largest absolute Gasteiger partial charge is 0.390 e. The average molecular weight is 335 g/mol. The van der Waals surface area contributed by atoms with Crippen LogP contribution in [0.15, 0.2) is 37.1 Å². The lowest BCUT2D eigenvalue weighted by molar-refractivity contribution is -0.0235. The van der Waals surface area contributed by atoms with E-state index in [0.29, 0.717) is 18.8 Å². The van der Waals surface area contributed by atoms with E-state index in [0.717, 1.165) is 27.8 Å². The zero-order valence-electron chi connectivity index (χ0n) is 13.6. The van der Waals surface area contributed by atoms with E-state index in [1.807, 2.05) is 37.6 Å². The van der Waals surface area contributed by atoms with E-state index in [-0.39, 0.29) is 6.04 Å². The molecule has 4 aromatic heterocycles. The number of rotatable bonds is 3. The number of pyridine rings is 1. The molecule has 0 aromatic carbocycles. The fourth-order valence-electron chi connectivity index (χ4n) is 3.48. The number of fused-ring (bicyclic) bond motifs is 2. The van der Waals surface area contributed by atoms with E-state index >= 15 is 0 Å². The molecule has 1 fully saturated rings. The second-order valence-corrected chi connectivity index (χ2v) is 6.88. The average Bonchev–Trinajstić information content (AvgIpc) is 3.18. The Bertz CT molecular complexity index is 1070. The summed E-state index contributed by atoms with van der Waals surface area (Å²) in [5, 5.41) is 18.2. The van der Waals surface area contributed by atoms with Gasteiger partial charge < -0.3 is 15.4 Å². The molecule has 25 heavy (non-hydrogen) atoms. The Morgan fingerprint density at radius 2 is 2.24 bits per heavy atom.